The van der Waals surface area contributed by atoms with Crippen LogP contribution in [0.2, 0.25) is 0 Å². The molecule has 1 saturated heterocycles. The van der Waals surface area contributed by atoms with Crippen LogP contribution in [0.25, 0.3) is 0 Å². The number of nitrogen functional groups attached to an aromatic ring is 1. The fourth-order valence-corrected chi connectivity index (χ4v) is 2.62. The maximum absolute atomic E-state index is 12.4. The highest BCUT2D eigenvalue weighted by molar-refractivity contribution is 5.95. The van der Waals surface area contributed by atoms with Crippen molar-refractivity contribution >= 4 is 17.3 Å². The van der Waals surface area contributed by atoms with Crippen molar-refractivity contribution in [2.75, 3.05) is 17.7 Å². The number of ether oxygens (including phenoxy) is 1. The Bertz CT molecular complexity index is 485. The molecule has 1 aliphatic rings. The zero-order valence-corrected chi connectivity index (χ0v) is 11.8. The predicted octanol–water partition coefficient (Wildman–Crippen LogP) is 2.64. The van der Waals surface area contributed by atoms with Gasteiger partial charge in [-0.1, -0.05) is 13.0 Å². The topological polar surface area (TPSA) is 64.3 Å². The standard InChI is InChI=1S/C15H22N2O2/c1-4-13-11(7-8-19-13)15(18)17-14-9(2)5-6-12(16)10(14)3/h5-6,11,13H,4,7-8,16H2,1-3H3,(H,17,18). The fraction of sp³-hybridized carbons (Fsp3) is 0.533. The van der Waals surface area contributed by atoms with Crippen molar-refractivity contribution in [3.63, 3.8) is 0 Å². The summed E-state index contributed by atoms with van der Waals surface area (Å²) in [5.41, 5.74) is 9.41. The van der Waals surface area contributed by atoms with Crippen LogP contribution in [0.15, 0.2) is 12.1 Å². The van der Waals surface area contributed by atoms with Crippen molar-refractivity contribution in [2.24, 2.45) is 5.92 Å². The summed E-state index contributed by atoms with van der Waals surface area (Å²) in [5.74, 6) is -0.00798. The number of hydrogen-bond donors (Lipinski definition) is 2. The molecule has 1 amide bonds. The van der Waals surface area contributed by atoms with E-state index in [2.05, 4.69) is 5.32 Å². The Kier molecular flexibility index (Phi) is 4.10. The molecule has 2 rings (SSSR count). The van der Waals surface area contributed by atoms with Crippen LogP contribution < -0.4 is 11.1 Å². The lowest BCUT2D eigenvalue weighted by atomic mass is 9.98. The van der Waals surface area contributed by atoms with Crippen LogP contribution in [-0.4, -0.2) is 18.6 Å². The Balaban J connectivity index is 2.17. The van der Waals surface area contributed by atoms with Gasteiger partial charge in [-0.25, -0.2) is 0 Å². The highest BCUT2D eigenvalue weighted by atomic mass is 16.5. The second-order valence-electron chi connectivity index (χ2n) is 5.17. The molecule has 2 unspecified atom stereocenters. The molecule has 0 aromatic heterocycles. The number of carbonyl (C=O) groups is 1. The predicted molar refractivity (Wildman–Crippen MR) is 77.1 cm³/mol. The molecular formula is C15H22N2O2. The number of hydrogen-bond acceptors (Lipinski definition) is 3. The third-order valence-electron chi connectivity index (χ3n) is 3.91. The van der Waals surface area contributed by atoms with Gasteiger partial charge >= 0.3 is 0 Å². The number of nitrogens with two attached hydrogens (primary N) is 1. The smallest absolute Gasteiger partial charge is 0.230 e. The number of nitrogens with one attached hydrogen (secondary N) is 1. The zero-order valence-electron chi connectivity index (χ0n) is 11.8. The molecule has 1 heterocycles. The number of rotatable bonds is 3. The number of carbonyl (C=O) groups excluding carboxylic acids is 1. The lowest BCUT2D eigenvalue weighted by Gasteiger charge is -2.19. The van der Waals surface area contributed by atoms with Crippen molar-refractivity contribution in [3.8, 4) is 0 Å². The van der Waals surface area contributed by atoms with Gasteiger partial charge in [-0.05, 0) is 43.9 Å². The van der Waals surface area contributed by atoms with Crippen molar-refractivity contribution in [3.05, 3.63) is 23.3 Å². The summed E-state index contributed by atoms with van der Waals surface area (Å²) < 4.78 is 5.57. The number of benzene rings is 1. The quantitative estimate of drug-likeness (QED) is 0.823. The highest BCUT2D eigenvalue weighted by Gasteiger charge is 2.33. The summed E-state index contributed by atoms with van der Waals surface area (Å²) in [4.78, 5) is 12.4. The third-order valence-corrected chi connectivity index (χ3v) is 3.91. The van der Waals surface area contributed by atoms with Gasteiger partial charge in [-0.2, -0.15) is 0 Å². The van der Waals surface area contributed by atoms with E-state index in [1.165, 1.54) is 0 Å². The summed E-state index contributed by atoms with van der Waals surface area (Å²) >= 11 is 0. The van der Waals surface area contributed by atoms with Gasteiger partial charge in [0, 0.05) is 18.0 Å². The van der Waals surface area contributed by atoms with E-state index in [0.717, 1.165) is 29.7 Å². The van der Waals surface area contributed by atoms with E-state index < -0.39 is 0 Å². The normalized spacial score (nSPS) is 22.5. The molecule has 0 aliphatic carbocycles. The van der Waals surface area contributed by atoms with E-state index in [1.807, 2.05) is 32.9 Å². The molecule has 4 heteroatoms. The maximum atomic E-state index is 12.4. The molecule has 1 aliphatic heterocycles. The lowest BCUT2D eigenvalue weighted by Crippen LogP contribution is -2.29. The molecule has 3 N–H and O–H groups in total. The van der Waals surface area contributed by atoms with Crippen LogP contribution >= 0.6 is 0 Å². The van der Waals surface area contributed by atoms with Crippen LogP contribution in [-0.2, 0) is 9.53 Å². The van der Waals surface area contributed by atoms with Crippen LogP contribution in [0.5, 0.6) is 0 Å². The molecule has 0 bridgehead atoms. The van der Waals surface area contributed by atoms with Crippen molar-refractivity contribution in [2.45, 2.75) is 39.7 Å². The molecule has 0 spiro atoms. The maximum Gasteiger partial charge on any atom is 0.230 e. The Hall–Kier alpha value is -1.55. The second-order valence-corrected chi connectivity index (χ2v) is 5.17. The van der Waals surface area contributed by atoms with E-state index in [9.17, 15) is 4.79 Å². The number of anilines is 2. The Morgan fingerprint density at radius 1 is 1.47 bits per heavy atom. The Labute approximate surface area is 114 Å². The second kappa shape index (κ2) is 5.61. The third kappa shape index (κ3) is 2.73. The Morgan fingerprint density at radius 3 is 2.89 bits per heavy atom. The van der Waals surface area contributed by atoms with Crippen molar-refractivity contribution in [1.82, 2.24) is 0 Å². The van der Waals surface area contributed by atoms with Gasteiger partial charge in [0.05, 0.1) is 12.0 Å². The minimum Gasteiger partial charge on any atom is -0.398 e. The first-order valence-corrected chi connectivity index (χ1v) is 6.82. The van der Waals surface area contributed by atoms with E-state index in [0.29, 0.717) is 12.3 Å². The molecular weight excluding hydrogens is 240 g/mol. The molecule has 4 nitrogen and oxygen atoms in total. The van der Waals surface area contributed by atoms with E-state index in [1.54, 1.807) is 0 Å². The first kappa shape index (κ1) is 13.9. The first-order chi connectivity index (χ1) is 9.04. The van der Waals surface area contributed by atoms with E-state index in [4.69, 9.17) is 10.5 Å². The minimum absolute atomic E-state index is 0.0427. The molecule has 1 aromatic rings. The SMILES string of the molecule is CCC1OCCC1C(=O)Nc1c(C)ccc(N)c1C. The van der Waals surface area contributed by atoms with Crippen LogP contribution in [0.4, 0.5) is 11.4 Å². The summed E-state index contributed by atoms with van der Waals surface area (Å²) in [7, 11) is 0. The summed E-state index contributed by atoms with van der Waals surface area (Å²) in [6.07, 6.45) is 1.71. The Morgan fingerprint density at radius 2 is 2.21 bits per heavy atom. The van der Waals surface area contributed by atoms with Crippen LogP contribution in [0.3, 0.4) is 0 Å². The molecule has 0 saturated carbocycles. The summed E-state index contributed by atoms with van der Waals surface area (Å²) in [6, 6.07) is 3.80. The molecule has 19 heavy (non-hydrogen) atoms. The largest absolute Gasteiger partial charge is 0.398 e. The summed E-state index contributed by atoms with van der Waals surface area (Å²) in [5, 5.41) is 3.03. The van der Waals surface area contributed by atoms with Gasteiger partial charge in [-0.3, -0.25) is 4.79 Å². The molecule has 1 fully saturated rings. The average Bonchev–Trinajstić information content (AvgIpc) is 2.87. The van der Waals surface area contributed by atoms with Crippen molar-refractivity contribution < 1.29 is 9.53 Å². The lowest BCUT2D eigenvalue weighted by molar-refractivity contribution is -0.121. The van der Waals surface area contributed by atoms with Gasteiger partial charge < -0.3 is 15.8 Å². The zero-order chi connectivity index (χ0) is 14.0. The number of amides is 1. The van der Waals surface area contributed by atoms with Gasteiger partial charge in [-0.15, -0.1) is 0 Å². The highest BCUT2D eigenvalue weighted by Crippen LogP contribution is 2.29. The minimum atomic E-state index is -0.0507. The van der Waals surface area contributed by atoms with E-state index >= 15 is 0 Å². The van der Waals surface area contributed by atoms with Gasteiger partial charge in [0.1, 0.15) is 0 Å². The van der Waals surface area contributed by atoms with Gasteiger partial charge in [0.15, 0.2) is 0 Å². The van der Waals surface area contributed by atoms with E-state index in [-0.39, 0.29) is 17.9 Å². The van der Waals surface area contributed by atoms with Crippen LogP contribution in [0.1, 0.15) is 30.9 Å². The molecule has 0 radical (unpaired) electrons. The molecule has 1 aromatic carbocycles. The number of aryl methyl sites for hydroxylation is 1. The molecule has 104 valence electrons. The van der Waals surface area contributed by atoms with Gasteiger partial charge in [0.25, 0.3) is 0 Å². The first-order valence-electron chi connectivity index (χ1n) is 6.82. The van der Waals surface area contributed by atoms with Crippen LogP contribution in [0, 0.1) is 19.8 Å². The summed E-state index contributed by atoms with van der Waals surface area (Å²) in [6.45, 7) is 6.63. The monoisotopic (exact) mass is 262 g/mol. The molecule has 2 atom stereocenters. The average molecular weight is 262 g/mol. The van der Waals surface area contributed by atoms with Gasteiger partial charge in [0.2, 0.25) is 5.91 Å². The fourth-order valence-electron chi connectivity index (χ4n) is 2.62. The van der Waals surface area contributed by atoms with Crippen molar-refractivity contribution in [1.29, 1.82) is 0 Å².